The van der Waals surface area contributed by atoms with Crippen LogP contribution in [0.3, 0.4) is 0 Å². The highest BCUT2D eigenvalue weighted by Crippen LogP contribution is 2.31. The molecule has 1 aromatic carbocycles. The molecule has 0 spiro atoms. The van der Waals surface area contributed by atoms with Crippen LogP contribution in [-0.4, -0.2) is 61.2 Å². The van der Waals surface area contributed by atoms with Crippen LogP contribution < -0.4 is 5.32 Å². The Morgan fingerprint density at radius 2 is 1.83 bits per heavy atom. The lowest BCUT2D eigenvalue weighted by atomic mass is 9.95. The Labute approximate surface area is 168 Å². The molecule has 0 bridgehead atoms. The highest BCUT2D eigenvalue weighted by Gasteiger charge is 2.53. The van der Waals surface area contributed by atoms with Crippen LogP contribution >= 0.6 is 0 Å². The Bertz CT molecular complexity index is 739. The fourth-order valence-corrected chi connectivity index (χ4v) is 3.35. The zero-order valence-corrected chi connectivity index (χ0v) is 16.5. The van der Waals surface area contributed by atoms with Gasteiger partial charge in [-0.3, -0.25) is 9.59 Å². The van der Waals surface area contributed by atoms with E-state index in [-0.39, 0.29) is 19.1 Å². The summed E-state index contributed by atoms with van der Waals surface area (Å²) in [5.74, 6) is -1.35. The van der Waals surface area contributed by atoms with Crippen LogP contribution in [0.4, 0.5) is 0 Å². The molecule has 0 radical (unpaired) electrons. The predicted molar refractivity (Wildman–Crippen MR) is 98.3 cm³/mol. The first-order valence-corrected chi connectivity index (χ1v) is 9.42. The number of carbonyl (C=O) groups is 3. The molecular weight excluding hydrogens is 382 g/mol. The number of nitrogens with one attached hydrogen (secondary N) is 1. The molecule has 2 saturated heterocycles. The quantitative estimate of drug-likeness (QED) is 0.686. The molecule has 1 amide bonds. The Balaban J connectivity index is 1.82. The molecule has 6 atom stereocenters. The van der Waals surface area contributed by atoms with Crippen molar-refractivity contribution in [3.05, 3.63) is 35.9 Å². The Hall–Kier alpha value is -2.49. The topological polar surface area (TPSA) is 109 Å². The average Bonchev–Trinajstić information content (AvgIpc) is 2.68. The Morgan fingerprint density at radius 3 is 2.48 bits per heavy atom. The lowest BCUT2D eigenvalue weighted by Gasteiger charge is -2.48. The summed E-state index contributed by atoms with van der Waals surface area (Å²) in [5.41, 5.74) is 0.917. The van der Waals surface area contributed by atoms with E-state index in [1.807, 2.05) is 30.3 Å². The average molecular weight is 407 g/mol. The summed E-state index contributed by atoms with van der Waals surface area (Å²) in [5, 5.41) is 2.78. The summed E-state index contributed by atoms with van der Waals surface area (Å²) in [6, 6.07) is 8.75. The fourth-order valence-electron chi connectivity index (χ4n) is 3.35. The number of ether oxygens (including phenoxy) is 5. The SMILES string of the molecule is CC(=O)N[C@H]1C(OCc2ccccc2)O[C@H](COC(C)=O)[C@H]2OC(=O)[C@@H](C)O[C@@H]21. The van der Waals surface area contributed by atoms with Gasteiger partial charge in [0, 0.05) is 13.8 Å². The lowest BCUT2D eigenvalue weighted by molar-refractivity contribution is -0.303. The van der Waals surface area contributed by atoms with Crippen LogP contribution in [0.2, 0.25) is 0 Å². The minimum Gasteiger partial charge on any atom is -0.463 e. The third-order valence-electron chi connectivity index (χ3n) is 4.67. The van der Waals surface area contributed by atoms with Crippen LogP contribution in [-0.2, 0) is 44.7 Å². The molecule has 2 aliphatic rings. The van der Waals surface area contributed by atoms with E-state index in [0.29, 0.717) is 0 Å². The molecule has 1 unspecified atom stereocenters. The van der Waals surface area contributed by atoms with Crippen molar-refractivity contribution in [2.24, 2.45) is 0 Å². The molecule has 1 N–H and O–H groups in total. The number of fused-ring (bicyclic) bond motifs is 1. The van der Waals surface area contributed by atoms with Crippen LogP contribution in [0.15, 0.2) is 30.3 Å². The van der Waals surface area contributed by atoms with E-state index in [1.54, 1.807) is 6.92 Å². The van der Waals surface area contributed by atoms with Crippen LogP contribution in [0, 0.1) is 0 Å². The van der Waals surface area contributed by atoms with Gasteiger partial charge in [0.05, 0.1) is 6.61 Å². The van der Waals surface area contributed by atoms with Gasteiger partial charge in [-0.25, -0.2) is 4.79 Å². The molecule has 0 aliphatic carbocycles. The van der Waals surface area contributed by atoms with Gasteiger partial charge in [-0.05, 0) is 12.5 Å². The van der Waals surface area contributed by atoms with Crippen LogP contribution in [0.25, 0.3) is 0 Å². The molecule has 1 aromatic rings. The van der Waals surface area contributed by atoms with Gasteiger partial charge in [0.25, 0.3) is 0 Å². The van der Waals surface area contributed by atoms with Gasteiger partial charge in [-0.2, -0.15) is 0 Å². The molecule has 2 heterocycles. The van der Waals surface area contributed by atoms with Crippen molar-refractivity contribution in [3.8, 4) is 0 Å². The van der Waals surface area contributed by atoms with Crippen molar-refractivity contribution in [2.75, 3.05) is 6.61 Å². The summed E-state index contributed by atoms with van der Waals surface area (Å²) >= 11 is 0. The summed E-state index contributed by atoms with van der Waals surface area (Å²) in [6.45, 7) is 4.30. The van der Waals surface area contributed by atoms with Crippen LogP contribution in [0.5, 0.6) is 0 Å². The van der Waals surface area contributed by atoms with Crippen LogP contribution in [0.1, 0.15) is 26.3 Å². The predicted octanol–water partition coefficient (Wildman–Crippen LogP) is 0.695. The second kappa shape index (κ2) is 9.34. The van der Waals surface area contributed by atoms with Crippen molar-refractivity contribution in [1.29, 1.82) is 0 Å². The van der Waals surface area contributed by atoms with E-state index < -0.39 is 48.7 Å². The molecule has 29 heavy (non-hydrogen) atoms. The molecule has 158 valence electrons. The van der Waals surface area contributed by atoms with E-state index in [1.165, 1.54) is 13.8 Å². The first-order chi connectivity index (χ1) is 13.8. The zero-order valence-electron chi connectivity index (χ0n) is 16.5. The van der Waals surface area contributed by atoms with Gasteiger partial charge in [0.15, 0.2) is 18.5 Å². The second-order valence-electron chi connectivity index (χ2n) is 7.01. The highest BCUT2D eigenvalue weighted by molar-refractivity contribution is 5.75. The second-order valence-corrected chi connectivity index (χ2v) is 7.01. The standard InChI is InChI=1S/C20H25NO8/c1-11-19(24)29-17-15(10-25-13(3)23)28-20(16(18(17)27-11)21-12(2)22)26-9-14-7-5-4-6-8-14/h4-8,11,15-18,20H,9-10H2,1-3H3,(H,21,22)/t11-,15-,16-,17-,18-,20?/m1/s1. The van der Waals surface area contributed by atoms with Crippen molar-refractivity contribution >= 4 is 17.8 Å². The third-order valence-corrected chi connectivity index (χ3v) is 4.67. The number of benzene rings is 1. The number of amides is 1. The van der Waals surface area contributed by atoms with Gasteiger partial charge >= 0.3 is 11.9 Å². The number of hydrogen-bond donors (Lipinski definition) is 1. The third kappa shape index (κ3) is 5.31. The van der Waals surface area contributed by atoms with E-state index >= 15 is 0 Å². The molecule has 9 heteroatoms. The van der Waals surface area contributed by atoms with Crippen molar-refractivity contribution in [3.63, 3.8) is 0 Å². The maximum absolute atomic E-state index is 12.0. The maximum Gasteiger partial charge on any atom is 0.335 e. The fraction of sp³-hybridized carbons (Fsp3) is 0.550. The number of hydrogen-bond acceptors (Lipinski definition) is 8. The molecule has 0 aromatic heterocycles. The smallest absolute Gasteiger partial charge is 0.335 e. The summed E-state index contributed by atoms with van der Waals surface area (Å²) in [4.78, 5) is 35.1. The number of carbonyl (C=O) groups excluding carboxylic acids is 3. The van der Waals surface area contributed by atoms with Gasteiger partial charge < -0.3 is 29.0 Å². The summed E-state index contributed by atoms with van der Waals surface area (Å²) < 4.78 is 28.3. The minimum atomic E-state index is -0.898. The number of rotatable bonds is 6. The number of esters is 2. The zero-order chi connectivity index (χ0) is 21.0. The largest absolute Gasteiger partial charge is 0.463 e. The minimum absolute atomic E-state index is 0.139. The maximum atomic E-state index is 12.0. The highest BCUT2D eigenvalue weighted by atomic mass is 16.7. The van der Waals surface area contributed by atoms with E-state index in [2.05, 4.69) is 5.32 Å². The summed E-state index contributed by atoms with van der Waals surface area (Å²) in [6.07, 6.45) is -4.08. The lowest BCUT2D eigenvalue weighted by Crippen LogP contribution is -2.69. The normalized spacial score (nSPS) is 31.3. The van der Waals surface area contributed by atoms with Gasteiger partial charge in [0.1, 0.15) is 24.9 Å². The Kier molecular flexibility index (Phi) is 6.83. The molecule has 9 nitrogen and oxygen atoms in total. The molecular formula is C20H25NO8. The summed E-state index contributed by atoms with van der Waals surface area (Å²) in [7, 11) is 0. The van der Waals surface area contributed by atoms with Crippen molar-refractivity contribution in [2.45, 2.75) is 64.1 Å². The van der Waals surface area contributed by atoms with Crippen molar-refractivity contribution in [1.82, 2.24) is 5.32 Å². The molecule has 0 saturated carbocycles. The van der Waals surface area contributed by atoms with E-state index in [4.69, 9.17) is 23.7 Å². The first-order valence-electron chi connectivity index (χ1n) is 9.42. The van der Waals surface area contributed by atoms with Gasteiger partial charge in [-0.1, -0.05) is 30.3 Å². The van der Waals surface area contributed by atoms with Crippen molar-refractivity contribution < 1.29 is 38.1 Å². The van der Waals surface area contributed by atoms with Gasteiger partial charge in [0.2, 0.25) is 5.91 Å². The van der Waals surface area contributed by atoms with E-state index in [0.717, 1.165) is 5.56 Å². The molecule has 2 aliphatic heterocycles. The van der Waals surface area contributed by atoms with E-state index in [9.17, 15) is 14.4 Å². The Morgan fingerprint density at radius 1 is 1.10 bits per heavy atom. The monoisotopic (exact) mass is 407 g/mol. The first kappa shape index (κ1) is 21.2. The molecule has 3 rings (SSSR count). The van der Waals surface area contributed by atoms with Gasteiger partial charge in [-0.15, -0.1) is 0 Å². The molecule has 2 fully saturated rings.